The van der Waals surface area contributed by atoms with Crippen molar-refractivity contribution in [2.24, 2.45) is 5.92 Å². The van der Waals surface area contributed by atoms with Crippen LogP contribution >= 0.6 is 0 Å². The van der Waals surface area contributed by atoms with Crippen molar-refractivity contribution in [2.75, 3.05) is 0 Å². The Kier molecular flexibility index (Phi) is 5.22. The molecular formula is C20H21N3O. The van der Waals surface area contributed by atoms with E-state index in [1.54, 1.807) is 12.1 Å². The van der Waals surface area contributed by atoms with E-state index in [1.165, 1.54) is 37.4 Å². The number of aromatic nitrogens is 1. The molecule has 2 aromatic rings. The van der Waals surface area contributed by atoms with Gasteiger partial charge in [0, 0.05) is 12.2 Å². The molecule has 1 atom stereocenters. The van der Waals surface area contributed by atoms with E-state index in [4.69, 9.17) is 5.26 Å². The molecule has 0 radical (unpaired) electrons. The highest BCUT2D eigenvalue weighted by molar-refractivity contribution is 5.92. The lowest BCUT2D eigenvalue weighted by Gasteiger charge is -2.25. The molecule has 1 N–H and O–H groups in total. The molecule has 0 bridgehead atoms. The zero-order valence-electron chi connectivity index (χ0n) is 13.6. The summed E-state index contributed by atoms with van der Waals surface area (Å²) in [5.74, 6) is 0.361. The summed E-state index contributed by atoms with van der Waals surface area (Å²) < 4.78 is 0. The SMILES string of the molecule is N#Cc1ccc(C(=O)NC(Cc2ccccc2)C2CCCC2)nc1. The molecule has 0 saturated heterocycles. The van der Waals surface area contributed by atoms with Gasteiger partial charge in [-0.25, -0.2) is 4.98 Å². The van der Waals surface area contributed by atoms with Gasteiger partial charge in [0.25, 0.3) is 5.91 Å². The predicted octanol–water partition coefficient (Wildman–Crippen LogP) is 3.48. The number of carbonyl (C=O) groups excluding carboxylic acids is 1. The molecule has 1 aromatic heterocycles. The Morgan fingerprint density at radius 1 is 1.21 bits per heavy atom. The molecule has 1 fully saturated rings. The van der Waals surface area contributed by atoms with Gasteiger partial charge in [-0.2, -0.15) is 5.26 Å². The van der Waals surface area contributed by atoms with Crippen molar-refractivity contribution in [3.8, 4) is 6.07 Å². The third-order valence-electron chi connectivity index (χ3n) is 4.71. The summed E-state index contributed by atoms with van der Waals surface area (Å²) >= 11 is 0. The molecule has 1 heterocycles. The molecule has 122 valence electrons. The topological polar surface area (TPSA) is 65.8 Å². The maximum absolute atomic E-state index is 12.5. The second-order valence-electron chi connectivity index (χ2n) is 6.36. The van der Waals surface area contributed by atoms with Crippen molar-refractivity contribution < 1.29 is 4.79 Å². The fraction of sp³-hybridized carbons (Fsp3) is 0.350. The van der Waals surface area contributed by atoms with Crippen molar-refractivity contribution in [2.45, 2.75) is 38.1 Å². The first-order chi connectivity index (χ1) is 11.8. The van der Waals surface area contributed by atoms with E-state index >= 15 is 0 Å². The molecule has 4 heteroatoms. The van der Waals surface area contributed by atoms with Gasteiger partial charge in [-0.15, -0.1) is 0 Å². The molecule has 1 saturated carbocycles. The molecule has 3 rings (SSSR count). The van der Waals surface area contributed by atoms with Gasteiger partial charge in [0.15, 0.2) is 0 Å². The smallest absolute Gasteiger partial charge is 0.270 e. The standard InChI is InChI=1S/C20H21N3O/c21-13-16-10-11-18(22-14-16)20(24)23-19(17-8-4-5-9-17)12-15-6-2-1-3-7-15/h1-3,6-7,10-11,14,17,19H,4-5,8-9,12H2,(H,23,24). The number of hydrogen-bond acceptors (Lipinski definition) is 3. The summed E-state index contributed by atoms with van der Waals surface area (Å²) in [5.41, 5.74) is 2.07. The van der Waals surface area contributed by atoms with Gasteiger partial charge < -0.3 is 5.32 Å². The van der Waals surface area contributed by atoms with Gasteiger partial charge >= 0.3 is 0 Å². The fourth-order valence-electron chi connectivity index (χ4n) is 3.40. The highest BCUT2D eigenvalue weighted by Gasteiger charge is 2.27. The molecule has 1 aliphatic carbocycles. The number of nitrogens with zero attached hydrogens (tertiary/aromatic N) is 2. The molecule has 24 heavy (non-hydrogen) atoms. The van der Waals surface area contributed by atoms with E-state index in [9.17, 15) is 4.79 Å². The van der Waals surface area contributed by atoms with Crippen LogP contribution in [0.2, 0.25) is 0 Å². The van der Waals surface area contributed by atoms with E-state index in [-0.39, 0.29) is 11.9 Å². The van der Waals surface area contributed by atoms with Crippen LogP contribution in [0, 0.1) is 17.2 Å². The third kappa shape index (κ3) is 3.99. The molecule has 4 nitrogen and oxygen atoms in total. The zero-order valence-corrected chi connectivity index (χ0v) is 13.6. The van der Waals surface area contributed by atoms with E-state index in [2.05, 4.69) is 22.4 Å². The van der Waals surface area contributed by atoms with Crippen molar-refractivity contribution in [3.05, 3.63) is 65.5 Å². The van der Waals surface area contributed by atoms with Crippen LogP contribution in [-0.2, 0) is 6.42 Å². The summed E-state index contributed by atoms with van der Waals surface area (Å²) in [4.78, 5) is 16.6. The number of carbonyl (C=O) groups is 1. The Morgan fingerprint density at radius 3 is 2.58 bits per heavy atom. The monoisotopic (exact) mass is 319 g/mol. The molecule has 0 spiro atoms. The second-order valence-corrected chi connectivity index (χ2v) is 6.36. The number of rotatable bonds is 5. The summed E-state index contributed by atoms with van der Waals surface area (Å²) in [6.45, 7) is 0. The normalized spacial score (nSPS) is 15.6. The number of nitrogens with one attached hydrogen (secondary N) is 1. The van der Waals surface area contributed by atoms with Gasteiger partial charge in [-0.3, -0.25) is 4.79 Å². The van der Waals surface area contributed by atoms with Crippen molar-refractivity contribution >= 4 is 5.91 Å². The van der Waals surface area contributed by atoms with E-state index in [1.807, 2.05) is 24.3 Å². The summed E-state index contributed by atoms with van der Waals surface area (Å²) in [6, 6.07) is 15.7. The van der Waals surface area contributed by atoms with Gasteiger partial charge in [0.2, 0.25) is 0 Å². The number of hydrogen-bond donors (Lipinski definition) is 1. The second kappa shape index (κ2) is 7.74. The number of nitriles is 1. The van der Waals surface area contributed by atoms with Crippen LogP contribution < -0.4 is 5.32 Å². The number of benzene rings is 1. The van der Waals surface area contributed by atoms with Gasteiger partial charge in [0.1, 0.15) is 11.8 Å². The Hall–Kier alpha value is -2.67. The Labute approximate surface area is 142 Å². The minimum absolute atomic E-state index is 0.125. The Bertz CT molecular complexity index is 713. The molecule has 1 amide bonds. The number of amides is 1. The molecular weight excluding hydrogens is 298 g/mol. The minimum atomic E-state index is -0.160. The molecule has 1 unspecified atom stereocenters. The lowest BCUT2D eigenvalue weighted by molar-refractivity contribution is 0.0917. The fourth-order valence-corrected chi connectivity index (χ4v) is 3.40. The predicted molar refractivity (Wildman–Crippen MR) is 92.3 cm³/mol. The Balaban J connectivity index is 1.72. The van der Waals surface area contributed by atoms with Crippen molar-refractivity contribution in [3.63, 3.8) is 0 Å². The van der Waals surface area contributed by atoms with Gasteiger partial charge in [0.05, 0.1) is 5.56 Å². The first kappa shape index (κ1) is 16.2. The van der Waals surface area contributed by atoms with Crippen LogP contribution in [0.4, 0.5) is 0 Å². The molecule has 0 aliphatic heterocycles. The maximum Gasteiger partial charge on any atom is 0.270 e. The van der Waals surface area contributed by atoms with E-state index < -0.39 is 0 Å². The lowest BCUT2D eigenvalue weighted by atomic mass is 9.92. The average Bonchev–Trinajstić information content (AvgIpc) is 3.17. The summed E-state index contributed by atoms with van der Waals surface area (Å²) in [7, 11) is 0. The van der Waals surface area contributed by atoms with Gasteiger partial charge in [-0.05, 0) is 42.9 Å². The summed E-state index contributed by atoms with van der Waals surface area (Å²) in [5, 5.41) is 12.0. The largest absolute Gasteiger partial charge is 0.347 e. The first-order valence-corrected chi connectivity index (χ1v) is 8.47. The number of pyridine rings is 1. The van der Waals surface area contributed by atoms with Gasteiger partial charge in [-0.1, -0.05) is 43.2 Å². The molecule has 1 aliphatic rings. The minimum Gasteiger partial charge on any atom is -0.347 e. The zero-order chi connectivity index (χ0) is 16.8. The lowest BCUT2D eigenvalue weighted by Crippen LogP contribution is -2.41. The van der Waals surface area contributed by atoms with Crippen molar-refractivity contribution in [1.29, 1.82) is 5.26 Å². The first-order valence-electron chi connectivity index (χ1n) is 8.47. The Morgan fingerprint density at radius 2 is 1.96 bits per heavy atom. The average molecular weight is 319 g/mol. The highest BCUT2D eigenvalue weighted by Crippen LogP contribution is 2.29. The maximum atomic E-state index is 12.5. The summed E-state index contributed by atoms with van der Waals surface area (Å²) in [6.07, 6.45) is 7.09. The third-order valence-corrected chi connectivity index (χ3v) is 4.71. The molecule has 1 aromatic carbocycles. The quantitative estimate of drug-likeness (QED) is 0.917. The van der Waals surface area contributed by atoms with Crippen LogP contribution in [-0.4, -0.2) is 16.9 Å². The van der Waals surface area contributed by atoms with Crippen LogP contribution in [0.25, 0.3) is 0 Å². The van der Waals surface area contributed by atoms with E-state index in [0.29, 0.717) is 17.2 Å². The van der Waals surface area contributed by atoms with Crippen LogP contribution in [0.3, 0.4) is 0 Å². The van der Waals surface area contributed by atoms with Crippen LogP contribution in [0.5, 0.6) is 0 Å². The van der Waals surface area contributed by atoms with Crippen molar-refractivity contribution in [1.82, 2.24) is 10.3 Å². The van der Waals surface area contributed by atoms with Crippen LogP contribution in [0.15, 0.2) is 48.7 Å². The highest BCUT2D eigenvalue weighted by atomic mass is 16.1. The van der Waals surface area contributed by atoms with Crippen LogP contribution in [0.1, 0.15) is 47.3 Å². The van der Waals surface area contributed by atoms with E-state index in [0.717, 1.165) is 6.42 Å².